The van der Waals surface area contributed by atoms with Gasteiger partial charge in [0, 0.05) is 42.0 Å². The minimum atomic E-state index is 0.614. The first-order chi connectivity index (χ1) is 15.6. The standard InChI is InChI=1S/C27H27N3O2/c1-30(2)12-13-32-26-9-5-18(16-27(26)31-3)21-15-23-22(6-8-25(23)29-17-21)19-4-7-24-20(14-19)10-11-28-24/h4-7,9-11,14-17,28H,8,12-13H2,1-3H3. The number of aromatic nitrogens is 2. The summed E-state index contributed by atoms with van der Waals surface area (Å²) in [6, 6.07) is 17.0. The third kappa shape index (κ3) is 3.87. The van der Waals surface area contributed by atoms with Gasteiger partial charge in [0.2, 0.25) is 0 Å². The number of allylic oxidation sites excluding steroid dienone is 1. The second kappa shape index (κ2) is 8.52. The van der Waals surface area contributed by atoms with Crippen molar-refractivity contribution in [2.24, 2.45) is 0 Å². The van der Waals surface area contributed by atoms with Crippen molar-refractivity contribution in [3.63, 3.8) is 0 Å². The summed E-state index contributed by atoms with van der Waals surface area (Å²) in [5.74, 6) is 1.49. The molecule has 0 atom stereocenters. The summed E-state index contributed by atoms with van der Waals surface area (Å²) < 4.78 is 11.5. The lowest BCUT2D eigenvalue weighted by Crippen LogP contribution is -2.19. The number of benzene rings is 2. The van der Waals surface area contributed by atoms with Crippen LogP contribution in [-0.4, -0.2) is 49.2 Å². The van der Waals surface area contributed by atoms with E-state index in [1.165, 1.54) is 22.1 Å². The van der Waals surface area contributed by atoms with Crippen molar-refractivity contribution in [2.75, 3.05) is 34.4 Å². The number of ether oxygens (including phenoxy) is 2. The van der Waals surface area contributed by atoms with Gasteiger partial charge < -0.3 is 19.4 Å². The molecule has 0 amide bonds. The number of likely N-dealkylation sites (N-methyl/N-ethyl adjacent to an activating group) is 1. The summed E-state index contributed by atoms with van der Waals surface area (Å²) >= 11 is 0. The van der Waals surface area contributed by atoms with Crippen LogP contribution in [0.4, 0.5) is 0 Å². The number of methoxy groups -OCH3 is 1. The Hall–Kier alpha value is -3.57. The number of nitrogens with one attached hydrogen (secondary N) is 1. The van der Waals surface area contributed by atoms with E-state index in [1.54, 1.807) is 7.11 Å². The Bertz CT molecular complexity index is 1300. The average Bonchev–Trinajstić information content (AvgIpc) is 3.44. The molecule has 0 unspecified atom stereocenters. The summed E-state index contributed by atoms with van der Waals surface area (Å²) in [5, 5.41) is 1.22. The van der Waals surface area contributed by atoms with Gasteiger partial charge in [-0.3, -0.25) is 4.98 Å². The van der Waals surface area contributed by atoms with Gasteiger partial charge >= 0.3 is 0 Å². The molecule has 5 rings (SSSR count). The molecule has 1 N–H and O–H groups in total. The van der Waals surface area contributed by atoms with Crippen molar-refractivity contribution >= 4 is 16.5 Å². The number of nitrogens with zero attached hydrogens (tertiary/aromatic N) is 2. The fourth-order valence-electron chi connectivity index (χ4n) is 4.15. The molecule has 4 aromatic rings. The summed E-state index contributed by atoms with van der Waals surface area (Å²) in [7, 11) is 5.74. The molecule has 0 fully saturated rings. The molecular formula is C27H27N3O2. The Balaban J connectivity index is 1.45. The molecular weight excluding hydrogens is 398 g/mol. The number of H-pyrrole nitrogens is 1. The molecule has 1 aliphatic rings. The Labute approximate surface area is 188 Å². The van der Waals surface area contributed by atoms with Crippen molar-refractivity contribution in [2.45, 2.75) is 6.42 Å². The van der Waals surface area contributed by atoms with E-state index in [1.807, 2.05) is 38.6 Å². The van der Waals surface area contributed by atoms with Crippen molar-refractivity contribution in [3.05, 3.63) is 83.8 Å². The van der Waals surface area contributed by atoms with Crippen LogP contribution in [0.5, 0.6) is 11.5 Å². The highest BCUT2D eigenvalue weighted by molar-refractivity contribution is 5.91. The van der Waals surface area contributed by atoms with Crippen LogP contribution in [0.25, 0.3) is 27.6 Å². The van der Waals surface area contributed by atoms with E-state index in [0.717, 1.165) is 46.8 Å². The molecule has 5 heteroatoms. The van der Waals surface area contributed by atoms with Gasteiger partial charge in [-0.25, -0.2) is 0 Å². The lowest BCUT2D eigenvalue weighted by molar-refractivity contribution is 0.251. The summed E-state index contributed by atoms with van der Waals surface area (Å²) in [6.07, 6.45) is 7.06. The van der Waals surface area contributed by atoms with Gasteiger partial charge in [0.05, 0.1) is 12.8 Å². The van der Waals surface area contributed by atoms with Crippen LogP contribution in [-0.2, 0) is 6.42 Å². The number of rotatable bonds is 7. The van der Waals surface area contributed by atoms with E-state index < -0.39 is 0 Å². The lowest BCUT2D eigenvalue weighted by Gasteiger charge is -2.15. The van der Waals surface area contributed by atoms with Crippen LogP contribution >= 0.6 is 0 Å². The molecule has 0 radical (unpaired) electrons. The van der Waals surface area contributed by atoms with Gasteiger partial charge in [-0.1, -0.05) is 18.2 Å². The van der Waals surface area contributed by atoms with E-state index in [9.17, 15) is 0 Å². The Morgan fingerprint density at radius 1 is 0.969 bits per heavy atom. The van der Waals surface area contributed by atoms with Crippen molar-refractivity contribution in [1.82, 2.24) is 14.9 Å². The van der Waals surface area contributed by atoms with E-state index in [-0.39, 0.29) is 0 Å². The fourth-order valence-corrected chi connectivity index (χ4v) is 4.15. The third-order valence-electron chi connectivity index (χ3n) is 5.92. The van der Waals surface area contributed by atoms with Crippen LogP contribution in [0.2, 0.25) is 0 Å². The lowest BCUT2D eigenvalue weighted by atomic mass is 9.97. The zero-order valence-electron chi connectivity index (χ0n) is 18.7. The van der Waals surface area contributed by atoms with Gasteiger partial charge in [0.1, 0.15) is 6.61 Å². The number of fused-ring (bicyclic) bond motifs is 2. The number of hydrogen-bond acceptors (Lipinski definition) is 4. The van der Waals surface area contributed by atoms with Gasteiger partial charge in [0.15, 0.2) is 11.5 Å². The summed E-state index contributed by atoms with van der Waals surface area (Å²) in [5.41, 5.74) is 8.06. The first-order valence-corrected chi connectivity index (χ1v) is 10.9. The van der Waals surface area contributed by atoms with Crippen LogP contribution in [0.3, 0.4) is 0 Å². The molecule has 0 saturated carbocycles. The van der Waals surface area contributed by atoms with Gasteiger partial charge in [-0.05, 0) is 72.6 Å². The minimum absolute atomic E-state index is 0.614. The third-order valence-corrected chi connectivity index (χ3v) is 5.92. The topological polar surface area (TPSA) is 50.4 Å². The Morgan fingerprint density at radius 3 is 2.69 bits per heavy atom. The van der Waals surface area contributed by atoms with Crippen molar-refractivity contribution in [3.8, 4) is 22.6 Å². The maximum Gasteiger partial charge on any atom is 0.161 e. The molecule has 1 aliphatic carbocycles. The van der Waals surface area contributed by atoms with E-state index in [0.29, 0.717) is 6.61 Å². The molecule has 5 nitrogen and oxygen atoms in total. The maximum atomic E-state index is 5.91. The Morgan fingerprint density at radius 2 is 1.84 bits per heavy atom. The zero-order valence-corrected chi connectivity index (χ0v) is 18.7. The monoisotopic (exact) mass is 425 g/mol. The highest BCUT2D eigenvalue weighted by atomic mass is 16.5. The average molecular weight is 426 g/mol. The SMILES string of the molecule is COc1cc(-c2cnc3c(c2)C(c2ccc4[nH]ccc4c2)=CC3)ccc1OCCN(C)C. The molecule has 0 bridgehead atoms. The van der Waals surface area contributed by atoms with E-state index in [2.05, 4.69) is 52.4 Å². The number of aromatic amines is 1. The summed E-state index contributed by atoms with van der Waals surface area (Å²) in [4.78, 5) is 10.1. The predicted molar refractivity (Wildman–Crippen MR) is 129 cm³/mol. The molecule has 32 heavy (non-hydrogen) atoms. The molecule has 2 aromatic carbocycles. The highest BCUT2D eigenvalue weighted by Crippen LogP contribution is 2.37. The Kier molecular flexibility index (Phi) is 5.41. The van der Waals surface area contributed by atoms with Gasteiger partial charge in [0.25, 0.3) is 0 Å². The van der Waals surface area contributed by atoms with E-state index in [4.69, 9.17) is 14.5 Å². The van der Waals surface area contributed by atoms with Crippen LogP contribution in [0, 0.1) is 0 Å². The quantitative estimate of drug-likeness (QED) is 0.444. The predicted octanol–water partition coefficient (Wildman–Crippen LogP) is 5.17. The van der Waals surface area contributed by atoms with Gasteiger partial charge in [-0.2, -0.15) is 0 Å². The smallest absolute Gasteiger partial charge is 0.161 e. The maximum absolute atomic E-state index is 5.91. The fraction of sp³-hybridized carbons (Fsp3) is 0.222. The van der Waals surface area contributed by atoms with Crippen LogP contribution in [0.15, 0.2) is 67.0 Å². The second-order valence-electron chi connectivity index (χ2n) is 8.34. The van der Waals surface area contributed by atoms with Crippen LogP contribution in [0.1, 0.15) is 16.8 Å². The van der Waals surface area contributed by atoms with E-state index >= 15 is 0 Å². The van der Waals surface area contributed by atoms with Crippen molar-refractivity contribution in [1.29, 1.82) is 0 Å². The normalized spacial score (nSPS) is 12.8. The second-order valence-corrected chi connectivity index (χ2v) is 8.34. The zero-order chi connectivity index (χ0) is 22.1. The number of hydrogen-bond donors (Lipinski definition) is 1. The molecule has 0 spiro atoms. The molecule has 0 aliphatic heterocycles. The largest absolute Gasteiger partial charge is 0.493 e. The van der Waals surface area contributed by atoms with Gasteiger partial charge in [-0.15, -0.1) is 0 Å². The first-order valence-electron chi connectivity index (χ1n) is 10.9. The number of pyridine rings is 1. The minimum Gasteiger partial charge on any atom is -0.493 e. The molecule has 2 aromatic heterocycles. The summed E-state index contributed by atoms with van der Waals surface area (Å²) in [6.45, 7) is 1.46. The van der Waals surface area contributed by atoms with Crippen LogP contribution < -0.4 is 9.47 Å². The van der Waals surface area contributed by atoms with Crippen molar-refractivity contribution < 1.29 is 9.47 Å². The first kappa shape index (κ1) is 20.3. The molecule has 2 heterocycles. The highest BCUT2D eigenvalue weighted by Gasteiger charge is 2.19. The molecule has 162 valence electrons. The molecule has 0 saturated heterocycles.